The van der Waals surface area contributed by atoms with Gasteiger partial charge in [-0.25, -0.2) is 9.78 Å². The lowest BCUT2D eigenvalue weighted by Crippen LogP contribution is -2.10. The van der Waals surface area contributed by atoms with Crippen molar-refractivity contribution in [1.82, 2.24) is 9.38 Å². The normalized spacial score (nSPS) is 12.0. The molecule has 5 heteroatoms. The van der Waals surface area contributed by atoms with Crippen molar-refractivity contribution in [1.29, 1.82) is 0 Å². The van der Waals surface area contributed by atoms with Crippen molar-refractivity contribution in [3.63, 3.8) is 0 Å². The van der Waals surface area contributed by atoms with Gasteiger partial charge in [-0.15, -0.1) is 11.3 Å². The summed E-state index contributed by atoms with van der Waals surface area (Å²) in [6.07, 6.45) is 0.850. The van der Waals surface area contributed by atoms with Gasteiger partial charge in [-0.3, -0.25) is 4.40 Å². The number of aromatic nitrogens is 2. The molecular formula is C19H22N2O2S. The lowest BCUT2D eigenvalue weighted by Gasteiger charge is -2.19. The Labute approximate surface area is 145 Å². The third-order valence-electron chi connectivity index (χ3n) is 4.27. The molecule has 0 amide bonds. The number of aryl methyl sites for hydroxylation is 2. The topological polar surface area (TPSA) is 54.6 Å². The van der Waals surface area contributed by atoms with Gasteiger partial charge in [-0.2, -0.15) is 0 Å². The maximum absolute atomic E-state index is 11.7. The molecule has 0 spiro atoms. The molecule has 0 fully saturated rings. The van der Waals surface area contributed by atoms with Crippen molar-refractivity contribution in [3.05, 3.63) is 46.1 Å². The highest BCUT2D eigenvalue weighted by Gasteiger charge is 2.23. The SMILES string of the molecule is CCc1sc2nc(C)c(C(=O)O)n2c1-c1ccc(C(C)(C)C)cc1. The van der Waals surface area contributed by atoms with Crippen LogP contribution in [-0.4, -0.2) is 20.5 Å². The zero-order valence-corrected chi connectivity index (χ0v) is 15.5. The van der Waals surface area contributed by atoms with Gasteiger partial charge in [0.1, 0.15) is 0 Å². The molecule has 1 aromatic carbocycles. The van der Waals surface area contributed by atoms with E-state index in [9.17, 15) is 9.90 Å². The highest BCUT2D eigenvalue weighted by molar-refractivity contribution is 7.17. The molecule has 2 aromatic heterocycles. The van der Waals surface area contributed by atoms with Crippen molar-refractivity contribution in [2.45, 2.75) is 46.5 Å². The van der Waals surface area contributed by atoms with Gasteiger partial charge in [0.05, 0.1) is 11.4 Å². The Morgan fingerprint density at radius 2 is 1.88 bits per heavy atom. The van der Waals surface area contributed by atoms with E-state index in [1.807, 2.05) is 0 Å². The lowest BCUT2D eigenvalue weighted by atomic mass is 9.86. The zero-order chi connectivity index (χ0) is 17.6. The van der Waals surface area contributed by atoms with Crippen LogP contribution in [-0.2, 0) is 11.8 Å². The maximum atomic E-state index is 11.7. The van der Waals surface area contributed by atoms with Gasteiger partial charge in [0.2, 0.25) is 0 Å². The Hall–Kier alpha value is -2.14. The number of hydrogen-bond acceptors (Lipinski definition) is 3. The predicted octanol–water partition coefficient (Wildman–Crippen LogP) is 4.93. The highest BCUT2D eigenvalue weighted by atomic mass is 32.1. The van der Waals surface area contributed by atoms with E-state index in [-0.39, 0.29) is 11.1 Å². The molecule has 126 valence electrons. The Morgan fingerprint density at radius 3 is 2.38 bits per heavy atom. The standard InChI is InChI=1S/C19H22N2O2S/c1-6-14-16(12-7-9-13(10-8-12)19(3,4)5)21-15(17(22)23)11(2)20-18(21)24-14/h7-10H,6H2,1-5H3,(H,22,23). The molecule has 0 saturated heterocycles. The maximum Gasteiger partial charge on any atom is 0.354 e. The van der Waals surface area contributed by atoms with Crippen LogP contribution in [0.2, 0.25) is 0 Å². The molecule has 0 atom stereocenters. The van der Waals surface area contributed by atoms with E-state index in [0.29, 0.717) is 5.69 Å². The fourth-order valence-corrected chi connectivity index (χ4v) is 4.10. The van der Waals surface area contributed by atoms with E-state index in [0.717, 1.165) is 27.5 Å². The van der Waals surface area contributed by atoms with Gasteiger partial charge in [0.15, 0.2) is 10.7 Å². The summed E-state index contributed by atoms with van der Waals surface area (Å²) in [6.45, 7) is 10.4. The highest BCUT2D eigenvalue weighted by Crippen LogP contribution is 2.35. The summed E-state index contributed by atoms with van der Waals surface area (Å²) < 4.78 is 1.80. The van der Waals surface area contributed by atoms with E-state index in [4.69, 9.17) is 0 Å². The molecular weight excluding hydrogens is 320 g/mol. The molecule has 0 radical (unpaired) electrons. The van der Waals surface area contributed by atoms with Gasteiger partial charge < -0.3 is 5.11 Å². The number of carboxylic acids is 1. The summed E-state index contributed by atoms with van der Waals surface area (Å²) >= 11 is 1.57. The minimum Gasteiger partial charge on any atom is -0.477 e. The van der Waals surface area contributed by atoms with Crippen LogP contribution in [0.15, 0.2) is 24.3 Å². The van der Waals surface area contributed by atoms with Gasteiger partial charge in [-0.05, 0) is 29.9 Å². The fraction of sp³-hybridized carbons (Fsp3) is 0.368. The third-order valence-corrected chi connectivity index (χ3v) is 5.46. The summed E-state index contributed by atoms with van der Waals surface area (Å²) in [7, 11) is 0. The van der Waals surface area contributed by atoms with E-state index in [1.54, 1.807) is 22.7 Å². The van der Waals surface area contributed by atoms with Crippen molar-refractivity contribution in [3.8, 4) is 11.3 Å². The predicted molar refractivity (Wildman–Crippen MR) is 98.3 cm³/mol. The first-order valence-corrected chi connectivity index (χ1v) is 8.90. The molecule has 4 nitrogen and oxygen atoms in total. The average Bonchev–Trinajstić information content (AvgIpc) is 2.99. The van der Waals surface area contributed by atoms with Gasteiger partial charge in [0.25, 0.3) is 0 Å². The third kappa shape index (κ3) is 2.63. The number of hydrogen-bond donors (Lipinski definition) is 1. The monoisotopic (exact) mass is 342 g/mol. The van der Waals surface area contributed by atoms with E-state index in [1.165, 1.54) is 5.56 Å². The molecule has 0 aliphatic carbocycles. The number of carbonyl (C=O) groups is 1. The Bertz CT molecular complexity index is 912. The molecule has 1 N–H and O–H groups in total. The second-order valence-electron chi connectivity index (χ2n) is 7.02. The van der Waals surface area contributed by atoms with Crippen molar-refractivity contribution in [2.75, 3.05) is 0 Å². The van der Waals surface area contributed by atoms with E-state index in [2.05, 4.69) is 56.9 Å². The van der Waals surface area contributed by atoms with Crippen molar-refractivity contribution >= 4 is 22.3 Å². The number of rotatable bonds is 3. The fourth-order valence-electron chi connectivity index (χ4n) is 2.97. The number of benzene rings is 1. The van der Waals surface area contributed by atoms with Crippen LogP contribution in [0.5, 0.6) is 0 Å². The van der Waals surface area contributed by atoms with Crippen LogP contribution in [0.3, 0.4) is 0 Å². The summed E-state index contributed by atoms with van der Waals surface area (Å²) in [5.41, 5.74) is 4.16. The Morgan fingerprint density at radius 1 is 1.25 bits per heavy atom. The second-order valence-corrected chi connectivity index (χ2v) is 8.09. The van der Waals surface area contributed by atoms with Crippen molar-refractivity contribution < 1.29 is 9.90 Å². The molecule has 3 rings (SSSR count). The second kappa shape index (κ2) is 5.74. The molecule has 0 unspecified atom stereocenters. The minimum atomic E-state index is -0.937. The molecule has 2 heterocycles. The van der Waals surface area contributed by atoms with Crippen LogP contribution in [0.4, 0.5) is 0 Å². The first kappa shape index (κ1) is 16.7. The first-order valence-electron chi connectivity index (χ1n) is 8.09. The molecule has 0 saturated carbocycles. The quantitative estimate of drug-likeness (QED) is 0.734. The van der Waals surface area contributed by atoms with Crippen molar-refractivity contribution in [2.24, 2.45) is 0 Å². The molecule has 24 heavy (non-hydrogen) atoms. The molecule has 3 aromatic rings. The van der Waals surface area contributed by atoms with E-state index < -0.39 is 5.97 Å². The van der Waals surface area contributed by atoms with Gasteiger partial charge in [-0.1, -0.05) is 52.0 Å². The van der Waals surface area contributed by atoms with Crippen LogP contribution in [0.1, 0.15) is 54.3 Å². The smallest absolute Gasteiger partial charge is 0.354 e. The first-order chi connectivity index (χ1) is 11.2. The van der Waals surface area contributed by atoms with Crippen LogP contribution >= 0.6 is 11.3 Å². The van der Waals surface area contributed by atoms with Crippen LogP contribution in [0, 0.1) is 6.92 Å². The number of imidazole rings is 1. The van der Waals surface area contributed by atoms with Crippen LogP contribution < -0.4 is 0 Å². The summed E-state index contributed by atoms with van der Waals surface area (Å²) in [5, 5.41) is 9.60. The number of nitrogens with zero attached hydrogens (tertiary/aromatic N) is 2. The number of thiazole rings is 1. The van der Waals surface area contributed by atoms with Gasteiger partial charge >= 0.3 is 5.97 Å². The molecule has 0 bridgehead atoms. The Kier molecular flexibility index (Phi) is 4.00. The zero-order valence-electron chi connectivity index (χ0n) is 14.7. The lowest BCUT2D eigenvalue weighted by molar-refractivity contribution is 0.0688. The Balaban J connectivity index is 2.26. The summed E-state index contributed by atoms with van der Waals surface area (Å²) in [4.78, 5) is 18.1. The summed E-state index contributed by atoms with van der Waals surface area (Å²) in [6, 6.07) is 8.43. The number of carboxylic acid groups (broad SMARTS) is 1. The average molecular weight is 342 g/mol. The summed E-state index contributed by atoms with van der Waals surface area (Å²) in [5.74, 6) is -0.937. The largest absolute Gasteiger partial charge is 0.477 e. The minimum absolute atomic E-state index is 0.0912. The van der Waals surface area contributed by atoms with Crippen LogP contribution in [0.25, 0.3) is 16.2 Å². The van der Waals surface area contributed by atoms with E-state index >= 15 is 0 Å². The molecule has 0 aliphatic heterocycles. The van der Waals surface area contributed by atoms with Gasteiger partial charge in [0, 0.05) is 4.88 Å². The number of fused-ring (bicyclic) bond motifs is 1. The molecule has 0 aliphatic rings. The number of aromatic carboxylic acids is 1.